The van der Waals surface area contributed by atoms with Gasteiger partial charge < -0.3 is 5.32 Å². The van der Waals surface area contributed by atoms with Crippen molar-refractivity contribution in [2.75, 3.05) is 12.4 Å². The summed E-state index contributed by atoms with van der Waals surface area (Å²) in [6, 6.07) is 7.84. The van der Waals surface area contributed by atoms with E-state index in [0.717, 1.165) is 17.9 Å². The highest BCUT2D eigenvalue weighted by Crippen LogP contribution is 2.47. The normalized spacial score (nSPS) is 16.9. The lowest BCUT2D eigenvalue weighted by Crippen LogP contribution is -2.32. The molecular formula is C12H13Cl2NO. The largest absolute Gasteiger partial charge is 0.354 e. The molecule has 2 rings (SSSR count). The first-order valence-electron chi connectivity index (χ1n) is 5.25. The van der Waals surface area contributed by atoms with Gasteiger partial charge in [-0.1, -0.05) is 23.7 Å². The van der Waals surface area contributed by atoms with Crippen LogP contribution in [0.25, 0.3) is 0 Å². The number of carbonyl (C=O) groups excluding carboxylic acids is 1. The Morgan fingerprint density at radius 3 is 2.44 bits per heavy atom. The minimum Gasteiger partial charge on any atom is -0.354 e. The van der Waals surface area contributed by atoms with Crippen LogP contribution in [-0.4, -0.2) is 18.3 Å². The van der Waals surface area contributed by atoms with E-state index in [-0.39, 0.29) is 17.2 Å². The van der Waals surface area contributed by atoms with E-state index < -0.39 is 0 Å². The van der Waals surface area contributed by atoms with Crippen LogP contribution in [0.15, 0.2) is 24.3 Å². The second-order valence-electron chi connectivity index (χ2n) is 4.20. The van der Waals surface area contributed by atoms with Gasteiger partial charge in [-0.2, -0.15) is 0 Å². The minimum absolute atomic E-state index is 0.0245. The Bertz CT molecular complexity index is 385. The van der Waals surface area contributed by atoms with Crippen LogP contribution in [0.5, 0.6) is 0 Å². The molecular weight excluding hydrogens is 245 g/mol. The summed E-state index contributed by atoms with van der Waals surface area (Å²) in [5, 5.41) is 3.58. The Kier molecular flexibility index (Phi) is 3.41. The summed E-state index contributed by atoms with van der Waals surface area (Å²) in [5.41, 5.74) is 1.36. The Morgan fingerprint density at radius 2 is 1.94 bits per heavy atom. The van der Waals surface area contributed by atoms with Crippen LogP contribution >= 0.6 is 23.2 Å². The lowest BCUT2D eigenvalue weighted by molar-refractivity contribution is -0.118. The highest BCUT2D eigenvalue weighted by Gasteiger charge is 2.44. The number of hydrogen-bond donors (Lipinski definition) is 1. The van der Waals surface area contributed by atoms with E-state index in [9.17, 15) is 4.79 Å². The summed E-state index contributed by atoms with van der Waals surface area (Å²) in [7, 11) is 0. The molecule has 86 valence electrons. The van der Waals surface area contributed by atoms with Gasteiger partial charge in [0.2, 0.25) is 5.91 Å². The molecule has 1 saturated carbocycles. The fourth-order valence-electron chi connectivity index (χ4n) is 1.84. The first-order chi connectivity index (χ1) is 7.66. The number of hydrogen-bond acceptors (Lipinski definition) is 1. The highest BCUT2D eigenvalue weighted by atomic mass is 35.5. The first-order valence-corrected chi connectivity index (χ1v) is 6.16. The number of alkyl halides is 1. The van der Waals surface area contributed by atoms with E-state index >= 15 is 0 Å². The Balaban J connectivity index is 2.02. The van der Waals surface area contributed by atoms with Crippen LogP contribution < -0.4 is 5.32 Å². The van der Waals surface area contributed by atoms with Gasteiger partial charge in [-0.25, -0.2) is 0 Å². The third kappa shape index (κ3) is 2.50. The second kappa shape index (κ2) is 4.64. The summed E-state index contributed by atoms with van der Waals surface area (Å²) in [6.45, 7) is 0.667. The lowest BCUT2D eigenvalue weighted by Gasteiger charge is -2.16. The second-order valence-corrected chi connectivity index (χ2v) is 4.90. The smallest absolute Gasteiger partial charge is 0.234 e. The average molecular weight is 258 g/mol. The van der Waals surface area contributed by atoms with Gasteiger partial charge in [-0.15, -0.1) is 11.6 Å². The van der Waals surface area contributed by atoms with Gasteiger partial charge in [-0.05, 0) is 30.5 Å². The van der Waals surface area contributed by atoms with Gasteiger partial charge in [0.05, 0.1) is 0 Å². The fraction of sp³-hybridized carbons (Fsp3) is 0.417. The van der Waals surface area contributed by atoms with Gasteiger partial charge in [0.25, 0.3) is 0 Å². The van der Waals surface area contributed by atoms with Crippen molar-refractivity contribution < 1.29 is 4.79 Å². The van der Waals surface area contributed by atoms with Crippen molar-refractivity contribution in [3.63, 3.8) is 0 Å². The van der Waals surface area contributed by atoms with Crippen molar-refractivity contribution in [2.45, 2.75) is 18.3 Å². The quantitative estimate of drug-likeness (QED) is 0.826. The molecule has 16 heavy (non-hydrogen) atoms. The average Bonchev–Trinajstić information content (AvgIpc) is 3.08. The molecule has 1 amide bonds. The molecule has 0 radical (unpaired) electrons. The molecule has 1 fully saturated rings. The van der Waals surface area contributed by atoms with Crippen molar-refractivity contribution >= 4 is 29.1 Å². The summed E-state index contributed by atoms with van der Waals surface area (Å²) in [4.78, 5) is 11.1. The zero-order chi connectivity index (χ0) is 11.6. The molecule has 0 bridgehead atoms. The van der Waals surface area contributed by atoms with Crippen LogP contribution in [-0.2, 0) is 10.2 Å². The van der Waals surface area contributed by atoms with Crippen molar-refractivity contribution in [3.05, 3.63) is 34.9 Å². The van der Waals surface area contributed by atoms with Gasteiger partial charge in [0.1, 0.15) is 5.88 Å². The molecule has 0 saturated heterocycles. The molecule has 1 aromatic carbocycles. The van der Waals surface area contributed by atoms with E-state index in [4.69, 9.17) is 23.2 Å². The summed E-state index contributed by atoms with van der Waals surface area (Å²) in [6.07, 6.45) is 2.22. The predicted molar refractivity (Wildman–Crippen MR) is 66.1 cm³/mol. The molecule has 0 heterocycles. The van der Waals surface area contributed by atoms with Gasteiger partial charge in [-0.3, -0.25) is 4.79 Å². The van der Waals surface area contributed by atoms with E-state index in [1.807, 2.05) is 24.3 Å². The monoisotopic (exact) mass is 257 g/mol. The Hall–Kier alpha value is -0.730. The van der Waals surface area contributed by atoms with E-state index in [0.29, 0.717) is 6.54 Å². The lowest BCUT2D eigenvalue weighted by atomic mass is 9.96. The van der Waals surface area contributed by atoms with Crippen molar-refractivity contribution in [1.82, 2.24) is 5.32 Å². The molecule has 0 aliphatic heterocycles. The summed E-state index contributed by atoms with van der Waals surface area (Å²) < 4.78 is 0. The topological polar surface area (TPSA) is 29.1 Å². The molecule has 0 aromatic heterocycles. The van der Waals surface area contributed by atoms with Crippen molar-refractivity contribution in [2.24, 2.45) is 0 Å². The zero-order valence-corrected chi connectivity index (χ0v) is 10.3. The van der Waals surface area contributed by atoms with E-state index in [2.05, 4.69) is 5.32 Å². The third-order valence-electron chi connectivity index (χ3n) is 3.06. The Morgan fingerprint density at radius 1 is 1.31 bits per heavy atom. The minimum atomic E-state index is -0.109. The molecule has 4 heteroatoms. The number of amides is 1. The van der Waals surface area contributed by atoms with Crippen molar-refractivity contribution in [3.8, 4) is 0 Å². The summed E-state index contributed by atoms with van der Waals surface area (Å²) in [5.74, 6) is -0.0848. The highest BCUT2D eigenvalue weighted by molar-refractivity contribution is 6.30. The molecule has 0 spiro atoms. The van der Waals surface area contributed by atoms with E-state index in [1.54, 1.807) is 0 Å². The maximum Gasteiger partial charge on any atom is 0.234 e. The number of carbonyl (C=O) groups is 1. The molecule has 0 unspecified atom stereocenters. The number of benzene rings is 1. The van der Waals surface area contributed by atoms with Gasteiger partial charge in [0.15, 0.2) is 0 Å². The standard InChI is InChI=1S/C12H13Cl2NO/c13-7-11(16)15-8-12(5-6-12)9-1-3-10(14)4-2-9/h1-4H,5-8H2,(H,15,16). The number of nitrogens with one attached hydrogen (secondary N) is 1. The molecule has 1 aromatic rings. The molecule has 0 atom stereocenters. The van der Waals surface area contributed by atoms with Crippen LogP contribution in [0.1, 0.15) is 18.4 Å². The van der Waals surface area contributed by atoms with Crippen LogP contribution in [0.2, 0.25) is 5.02 Å². The maximum absolute atomic E-state index is 11.1. The fourth-order valence-corrected chi connectivity index (χ4v) is 2.06. The van der Waals surface area contributed by atoms with Crippen LogP contribution in [0.3, 0.4) is 0 Å². The maximum atomic E-state index is 11.1. The van der Waals surface area contributed by atoms with Crippen LogP contribution in [0.4, 0.5) is 0 Å². The zero-order valence-electron chi connectivity index (χ0n) is 8.80. The third-order valence-corrected chi connectivity index (χ3v) is 3.55. The van der Waals surface area contributed by atoms with Crippen molar-refractivity contribution in [1.29, 1.82) is 0 Å². The molecule has 1 aliphatic rings. The first kappa shape index (κ1) is 11.7. The SMILES string of the molecule is O=C(CCl)NCC1(c2ccc(Cl)cc2)CC1. The van der Waals surface area contributed by atoms with Gasteiger partial charge in [0, 0.05) is 17.0 Å². The molecule has 1 aliphatic carbocycles. The Labute approximate surface area is 105 Å². The van der Waals surface area contributed by atoms with E-state index in [1.165, 1.54) is 5.56 Å². The van der Waals surface area contributed by atoms with Gasteiger partial charge >= 0.3 is 0 Å². The molecule has 2 nitrogen and oxygen atoms in total. The number of halogens is 2. The van der Waals surface area contributed by atoms with Crippen LogP contribution in [0, 0.1) is 0 Å². The molecule has 1 N–H and O–H groups in total. The summed E-state index contributed by atoms with van der Waals surface area (Å²) >= 11 is 11.3. The predicted octanol–water partition coefficient (Wildman–Crippen LogP) is 2.73. The number of rotatable bonds is 4.